The molecule has 0 atom stereocenters. The normalized spacial score (nSPS) is 11.1. The highest BCUT2D eigenvalue weighted by Gasteiger charge is 2.14. The second-order valence-electron chi connectivity index (χ2n) is 6.67. The van der Waals surface area contributed by atoms with Gasteiger partial charge in [-0.1, -0.05) is 37.6 Å². The quantitative estimate of drug-likeness (QED) is 0.379. The summed E-state index contributed by atoms with van der Waals surface area (Å²) in [6.07, 6.45) is 9.23. The Balaban J connectivity index is 1.67. The number of anilines is 1. The van der Waals surface area contributed by atoms with Gasteiger partial charge < -0.3 is 9.64 Å². The lowest BCUT2D eigenvalue weighted by Gasteiger charge is -2.18. The van der Waals surface area contributed by atoms with Gasteiger partial charge in [-0.25, -0.2) is 0 Å². The fraction of sp³-hybridized carbons (Fsp3) is 0.250. The minimum Gasteiger partial charge on any atom is -0.493 e. The molecule has 3 aromatic rings. The van der Waals surface area contributed by atoms with Gasteiger partial charge in [-0.2, -0.15) is 0 Å². The highest BCUT2D eigenvalue weighted by Crippen LogP contribution is 2.23. The molecule has 0 aliphatic rings. The van der Waals surface area contributed by atoms with Gasteiger partial charge in [-0.15, -0.1) is 0 Å². The molecular weight excluding hydrogens is 348 g/mol. The number of allylic oxidation sites excluding steroid dienone is 1. The van der Waals surface area contributed by atoms with E-state index in [2.05, 4.69) is 24.1 Å². The molecule has 0 unspecified atom stereocenters. The average Bonchev–Trinajstić information content (AvgIpc) is 2.75. The van der Waals surface area contributed by atoms with Gasteiger partial charge in [-0.05, 0) is 49.2 Å². The van der Waals surface area contributed by atoms with Crippen molar-refractivity contribution in [3.8, 4) is 5.75 Å². The van der Waals surface area contributed by atoms with Crippen molar-refractivity contribution in [1.82, 2.24) is 4.98 Å². The molecule has 0 aliphatic carbocycles. The van der Waals surface area contributed by atoms with Crippen molar-refractivity contribution in [2.24, 2.45) is 0 Å². The number of ether oxygens (including phenoxy) is 1. The van der Waals surface area contributed by atoms with Crippen LogP contribution in [0.25, 0.3) is 10.9 Å². The molecule has 2 aromatic carbocycles. The molecule has 0 aliphatic heterocycles. The van der Waals surface area contributed by atoms with Gasteiger partial charge in [0.15, 0.2) is 0 Å². The molecule has 1 aromatic heterocycles. The third kappa shape index (κ3) is 4.97. The summed E-state index contributed by atoms with van der Waals surface area (Å²) >= 11 is 0. The van der Waals surface area contributed by atoms with Gasteiger partial charge in [0.25, 0.3) is 5.91 Å². The maximum atomic E-state index is 12.9. The molecule has 4 nitrogen and oxygen atoms in total. The van der Waals surface area contributed by atoms with Crippen LogP contribution in [0.3, 0.4) is 0 Å². The summed E-state index contributed by atoms with van der Waals surface area (Å²) in [5, 5.41) is 0.954. The molecule has 28 heavy (non-hydrogen) atoms. The molecule has 3 rings (SSSR count). The Labute approximate surface area is 166 Å². The Kier molecular flexibility index (Phi) is 6.79. The molecule has 0 spiro atoms. The Hall–Kier alpha value is -3.14. The second-order valence-corrected chi connectivity index (χ2v) is 6.67. The van der Waals surface area contributed by atoms with Crippen LogP contribution in [0.5, 0.6) is 5.75 Å². The van der Waals surface area contributed by atoms with Crippen LogP contribution in [0.1, 0.15) is 36.5 Å². The number of unbranched alkanes of at least 4 members (excludes halogenated alkanes) is 1. The molecule has 0 N–H and O–H groups in total. The standard InChI is InChI=1S/C24H26N2O2/c1-3-4-5-6-7-16-28-22-12-8-11-21(18-22)26(2)24(27)20-13-14-23-19(17-20)10-9-15-25-23/h5-6,8-15,17-18H,3-4,7,16H2,1-2H3. The SMILES string of the molecule is CCCC=CCCOc1cccc(N(C)C(=O)c2ccc3ncccc3c2)c1. The molecule has 144 valence electrons. The Morgan fingerprint density at radius 1 is 1.07 bits per heavy atom. The van der Waals surface area contributed by atoms with Crippen molar-refractivity contribution >= 4 is 22.5 Å². The lowest BCUT2D eigenvalue weighted by Crippen LogP contribution is -2.26. The number of hydrogen-bond donors (Lipinski definition) is 0. The van der Waals surface area contributed by atoms with Crippen molar-refractivity contribution < 1.29 is 9.53 Å². The summed E-state index contributed by atoms with van der Waals surface area (Å²) in [6, 6.07) is 17.0. The van der Waals surface area contributed by atoms with Crippen molar-refractivity contribution in [3.63, 3.8) is 0 Å². The number of aromatic nitrogens is 1. The van der Waals surface area contributed by atoms with E-state index in [-0.39, 0.29) is 5.91 Å². The second kappa shape index (κ2) is 9.70. The van der Waals surface area contributed by atoms with E-state index in [0.717, 1.165) is 41.6 Å². The van der Waals surface area contributed by atoms with E-state index in [1.54, 1.807) is 18.1 Å². The van der Waals surface area contributed by atoms with Crippen molar-refractivity contribution in [2.75, 3.05) is 18.6 Å². The number of fused-ring (bicyclic) bond motifs is 1. The minimum absolute atomic E-state index is 0.0644. The number of hydrogen-bond acceptors (Lipinski definition) is 3. The van der Waals surface area contributed by atoms with E-state index in [0.29, 0.717) is 12.2 Å². The van der Waals surface area contributed by atoms with Crippen LogP contribution in [-0.4, -0.2) is 24.5 Å². The number of amides is 1. The smallest absolute Gasteiger partial charge is 0.258 e. The molecule has 0 saturated heterocycles. The molecule has 0 fully saturated rings. The average molecular weight is 374 g/mol. The largest absolute Gasteiger partial charge is 0.493 e. The van der Waals surface area contributed by atoms with Crippen molar-refractivity contribution in [1.29, 1.82) is 0 Å². The molecule has 1 amide bonds. The van der Waals surface area contributed by atoms with Crippen LogP contribution >= 0.6 is 0 Å². The summed E-state index contributed by atoms with van der Waals surface area (Å²) in [6.45, 7) is 2.79. The molecular formula is C24H26N2O2. The monoisotopic (exact) mass is 374 g/mol. The van der Waals surface area contributed by atoms with Crippen molar-refractivity contribution in [3.05, 3.63) is 78.5 Å². The Morgan fingerprint density at radius 3 is 2.79 bits per heavy atom. The first kappa shape index (κ1) is 19.6. The maximum Gasteiger partial charge on any atom is 0.258 e. The van der Waals surface area contributed by atoms with Crippen LogP contribution < -0.4 is 9.64 Å². The molecule has 0 bridgehead atoms. The third-order valence-electron chi connectivity index (χ3n) is 4.53. The first-order valence-corrected chi connectivity index (χ1v) is 9.69. The van der Waals surface area contributed by atoms with Gasteiger partial charge in [0.1, 0.15) is 5.75 Å². The van der Waals surface area contributed by atoms with Gasteiger partial charge in [0, 0.05) is 35.9 Å². The zero-order valence-corrected chi connectivity index (χ0v) is 16.5. The topological polar surface area (TPSA) is 42.4 Å². The lowest BCUT2D eigenvalue weighted by molar-refractivity contribution is 0.0993. The first-order valence-electron chi connectivity index (χ1n) is 9.69. The highest BCUT2D eigenvalue weighted by atomic mass is 16.5. The van der Waals surface area contributed by atoms with Crippen LogP contribution in [0.15, 0.2) is 72.9 Å². The Morgan fingerprint density at radius 2 is 1.93 bits per heavy atom. The van der Waals surface area contributed by atoms with Gasteiger partial charge in [0.05, 0.1) is 12.1 Å². The van der Waals surface area contributed by atoms with E-state index in [9.17, 15) is 4.79 Å². The molecule has 4 heteroatoms. The third-order valence-corrected chi connectivity index (χ3v) is 4.53. The first-order chi connectivity index (χ1) is 13.7. The van der Waals surface area contributed by atoms with E-state index < -0.39 is 0 Å². The number of benzene rings is 2. The Bertz CT molecular complexity index is 965. The number of carbonyl (C=O) groups is 1. The highest BCUT2D eigenvalue weighted by molar-refractivity contribution is 6.07. The minimum atomic E-state index is -0.0644. The number of pyridine rings is 1. The van der Waals surface area contributed by atoms with Crippen molar-refractivity contribution in [2.45, 2.75) is 26.2 Å². The summed E-state index contributed by atoms with van der Waals surface area (Å²) in [5.41, 5.74) is 2.32. The van der Waals surface area contributed by atoms with E-state index in [1.807, 2.05) is 54.6 Å². The summed E-state index contributed by atoms with van der Waals surface area (Å²) in [5.74, 6) is 0.703. The van der Waals surface area contributed by atoms with Gasteiger partial charge >= 0.3 is 0 Å². The summed E-state index contributed by atoms with van der Waals surface area (Å²) < 4.78 is 5.82. The number of carbonyl (C=O) groups excluding carboxylic acids is 1. The predicted molar refractivity (Wildman–Crippen MR) is 115 cm³/mol. The van der Waals surface area contributed by atoms with Gasteiger partial charge in [-0.3, -0.25) is 9.78 Å². The molecule has 0 saturated carbocycles. The van der Waals surface area contributed by atoms with Crippen LogP contribution in [0, 0.1) is 0 Å². The lowest BCUT2D eigenvalue weighted by atomic mass is 10.1. The van der Waals surface area contributed by atoms with Gasteiger partial charge in [0.2, 0.25) is 0 Å². The van der Waals surface area contributed by atoms with Crippen LogP contribution in [-0.2, 0) is 0 Å². The molecule has 0 radical (unpaired) electrons. The van der Waals surface area contributed by atoms with E-state index in [4.69, 9.17) is 4.74 Å². The summed E-state index contributed by atoms with van der Waals surface area (Å²) in [4.78, 5) is 18.9. The number of nitrogens with zero attached hydrogens (tertiary/aromatic N) is 2. The van der Waals surface area contributed by atoms with E-state index in [1.165, 1.54) is 0 Å². The zero-order chi connectivity index (χ0) is 19.8. The van der Waals surface area contributed by atoms with Crippen LogP contribution in [0.4, 0.5) is 5.69 Å². The fourth-order valence-electron chi connectivity index (χ4n) is 2.95. The maximum absolute atomic E-state index is 12.9. The van der Waals surface area contributed by atoms with E-state index >= 15 is 0 Å². The zero-order valence-electron chi connectivity index (χ0n) is 16.5. The number of rotatable bonds is 8. The van der Waals surface area contributed by atoms with Crippen LogP contribution in [0.2, 0.25) is 0 Å². The summed E-state index contributed by atoms with van der Waals surface area (Å²) in [7, 11) is 1.78. The molecule has 1 heterocycles. The fourth-order valence-corrected chi connectivity index (χ4v) is 2.95. The predicted octanol–water partition coefficient (Wildman–Crippen LogP) is 5.64.